The van der Waals surface area contributed by atoms with Gasteiger partial charge in [0.05, 0.1) is 10.3 Å². The fourth-order valence-corrected chi connectivity index (χ4v) is 6.87. The van der Waals surface area contributed by atoms with E-state index in [0.717, 1.165) is 18.4 Å². The van der Waals surface area contributed by atoms with Crippen LogP contribution in [-0.2, 0) is 21.8 Å². The highest BCUT2D eigenvalue weighted by molar-refractivity contribution is 7.93. The Labute approximate surface area is 240 Å². The smallest absolute Gasteiger partial charge is 0.422 e. The van der Waals surface area contributed by atoms with E-state index in [1.54, 1.807) is 24.3 Å². The first-order valence-corrected chi connectivity index (χ1v) is 15.2. The maximum absolute atomic E-state index is 12.8. The van der Waals surface area contributed by atoms with Gasteiger partial charge in [0, 0.05) is 17.0 Å². The minimum absolute atomic E-state index is 0.0709. The lowest BCUT2D eigenvalue weighted by Crippen LogP contribution is -2.29. The van der Waals surface area contributed by atoms with Crippen molar-refractivity contribution in [2.24, 2.45) is 0 Å². The first-order valence-electron chi connectivity index (χ1n) is 13.2. The SMILES string of the molecule is CCC1(S(=O)(=O)CC(=O)c2ccc(Cc3nc(NC4(c5ccc(Cl)cc5)CC4)nc(OCC(F)(F)F)n3)cc2)CC1. The zero-order valence-corrected chi connectivity index (χ0v) is 23.7. The number of carbonyl (C=O) groups excluding carboxylic acids is 1. The molecular formula is C28H28ClF3N4O4S. The second-order valence-electron chi connectivity index (χ2n) is 10.6. The summed E-state index contributed by atoms with van der Waals surface area (Å²) in [5.74, 6) is -0.797. The highest BCUT2D eigenvalue weighted by atomic mass is 35.5. The van der Waals surface area contributed by atoms with Crippen LogP contribution in [-0.4, -0.2) is 52.4 Å². The van der Waals surface area contributed by atoms with Gasteiger partial charge in [0.15, 0.2) is 22.2 Å². The van der Waals surface area contributed by atoms with Crippen LogP contribution in [0.4, 0.5) is 19.1 Å². The molecule has 41 heavy (non-hydrogen) atoms. The molecule has 0 aliphatic heterocycles. The molecule has 5 rings (SSSR count). The molecule has 2 aromatic carbocycles. The van der Waals surface area contributed by atoms with E-state index in [-0.39, 0.29) is 23.8 Å². The Bertz CT molecular complexity index is 1540. The molecule has 2 aliphatic carbocycles. The molecule has 13 heteroatoms. The summed E-state index contributed by atoms with van der Waals surface area (Å²) in [5, 5.41) is 3.81. The largest absolute Gasteiger partial charge is 0.454 e. The first kappa shape index (κ1) is 29.2. The van der Waals surface area contributed by atoms with Gasteiger partial charge >= 0.3 is 12.2 Å². The van der Waals surface area contributed by atoms with Crippen molar-refractivity contribution in [1.82, 2.24) is 15.0 Å². The number of alkyl halides is 3. The van der Waals surface area contributed by atoms with E-state index in [1.807, 2.05) is 19.1 Å². The minimum atomic E-state index is -4.58. The van der Waals surface area contributed by atoms with Crippen LogP contribution in [0.3, 0.4) is 0 Å². The standard InChI is InChI=1S/C28H28ClF3N4O4S/c1-2-26(11-12-26)41(38,39)16-22(37)19-5-3-18(4-6-19)15-23-33-24(35-25(34-23)40-17-28(30,31)32)36-27(13-14-27)20-7-9-21(29)10-8-20/h3-10H,2,11-17H2,1H3,(H,33,34,35,36). The number of ketones is 1. The van der Waals surface area contributed by atoms with Crippen molar-refractivity contribution in [3.63, 3.8) is 0 Å². The number of hydrogen-bond donors (Lipinski definition) is 1. The molecule has 0 spiro atoms. The first-order chi connectivity index (χ1) is 19.3. The average Bonchev–Trinajstić information content (AvgIpc) is 3.84. The van der Waals surface area contributed by atoms with Crippen molar-refractivity contribution in [3.05, 3.63) is 76.1 Å². The van der Waals surface area contributed by atoms with Crippen molar-refractivity contribution in [3.8, 4) is 6.01 Å². The third-order valence-electron chi connectivity index (χ3n) is 7.60. The number of benzene rings is 2. The molecule has 0 atom stereocenters. The van der Waals surface area contributed by atoms with Crippen molar-refractivity contribution < 1.29 is 31.1 Å². The van der Waals surface area contributed by atoms with Crippen molar-refractivity contribution in [2.45, 2.75) is 61.9 Å². The third-order valence-corrected chi connectivity index (χ3v) is 10.5. The molecule has 0 amide bonds. The normalized spacial score (nSPS) is 17.1. The molecule has 0 radical (unpaired) electrons. The summed E-state index contributed by atoms with van der Waals surface area (Å²) in [6, 6.07) is 13.1. The number of rotatable bonds is 12. The monoisotopic (exact) mass is 608 g/mol. The lowest BCUT2D eigenvalue weighted by molar-refractivity contribution is -0.154. The van der Waals surface area contributed by atoms with Gasteiger partial charge in [-0.3, -0.25) is 4.79 Å². The van der Waals surface area contributed by atoms with E-state index in [0.29, 0.717) is 29.8 Å². The summed E-state index contributed by atoms with van der Waals surface area (Å²) in [4.78, 5) is 25.3. The third kappa shape index (κ3) is 6.81. The molecule has 0 bridgehead atoms. The van der Waals surface area contributed by atoms with Gasteiger partial charge in [-0.25, -0.2) is 8.42 Å². The van der Waals surface area contributed by atoms with Gasteiger partial charge < -0.3 is 10.1 Å². The highest BCUT2D eigenvalue weighted by Crippen LogP contribution is 2.48. The molecular weight excluding hydrogens is 581 g/mol. The van der Waals surface area contributed by atoms with Gasteiger partial charge in [-0.15, -0.1) is 0 Å². The number of halogens is 4. The molecule has 3 aromatic rings. The molecule has 1 aromatic heterocycles. The van der Waals surface area contributed by atoms with Crippen LogP contribution in [0.1, 0.15) is 66.3 Å². The maximum Gasteiger partial charge on any atom is 0.422 e. The average molecular weight is 609 g/mol. The number of sulfone groups is 1. The van der Waals surface area contributed by atoms with Crippen molar-refractivity contribution >= 4 is 33.2 Å². The summed E-state index contributed by atoms with van der Waals surface area (Å²) in [5.41, 5.74) is 1.38. The number of ether oxygens (including phenoxy) is 1. The Balaban J connectivity index is 1.33. The molecule has 218 valence electrons. The van der Waals surface area contributed by atoms with E-state index in [4.69, 9.17) is 16.3 Å². The Hall–Kier alpha value is -3.25. The molecule has 2 aliphatic rings. The Morgan fingerprint density at radius 1 is 1.00 bits per heavy atom. The van der Waals surface area contributed by atoms with Crippen LogP contribution in [0.15, 0.2) is 48.5 Å². The van der Waals surface area contributed by atoms with Gasteiger partial charge in [0.25, 0.3) is 0 Å². The number of nitrogens with zero attached hydrogens (tertiary/aromatic N) is 3. The van der Waals surface area contributed by atoms with E-state index < -0.39 is 50.5 Å². The van der Waals surface area contributed by atoms with E-state index >= 15 is 0 Å². The predicted octanol–water partition coefficient (Wildman–Crippen LogP) is 5.70. The molecule has 1 N–H and O–H groups in total. The summed E-state index contributed by atoms with van der Waals surface area (Å²) >= 11 is 6.01. The predicted molar refractivity (Wildman–Crippen MR) is 147 cm³/mol. The van der Waals surface area contributed by atoms with Gasteiger partial charge in [-0.2, -0.15) is 28.1 Å². The number of nitrogens with one attached hydrogen (secondary N) is 1. The Morgan fingerprint density at radius 3 is 2.22 bits per heavy atom. The molecule has 0 saturated heterocycles. The van der Waals surface area contributed by atoms with Crippen LogP contribution < -0.4 is 10.1 Å². The number of Topliss-reactive ketones (excluding diaryl/α,β-unsaturated/α-hetero) is 1. The number of carbonyl (C=O) groups is 1. The van der Waals surface area contributed by atoms with Gasteiger partial charge in [0.1, 0.15) is 11.6 Å². The molecule has 8 nitrogen and oxygen atoms in total. The summed E-state index contributed by atoms with van der Waals surface area (Å²) < 4.78 is 67.9. The lowest BCUT2D eigenvalue weighted by Gasteiger charge is -2.19. The van der Waals surface area contributed by atoms with Gasteiger partial charge in [-0.1, -0.05) is 54.9 Å². The fourth-order valence-electron chi connectivity index (χ4n) is 4.76. The zero-order valence-electron chi connectivity index (χ0n) is 22.2. The summed E-state index contributed by atoms with van der Waals surface area (Å²) in [6.07, 6.45) is -1.29. The molecule has 2 fully saturated rings. The molecule has 0 unspecified atom stereocenters. The number of anilines is 1. The quantitative estimate of drug-likeness (QED) is 0.261. The second kappa shape index (κ2) is 10.9. The highest BCUT2D eigenvalue weighted by Gasteiger charge is 2.53. The maximum atomic E-state index is 12.8. The van der Waals surface area contributed by atoms with Crippen molar-refractivity contribution in [2.75, 3.05) is 17.7 Å². The van der Waals surface area contributed by atoms with Crippen LogP contribution in [0.25, 0.3) is 0 Å². The van der Waals surface area contributed by atoms with Gasteiger partial charge in [-0.05, 0) is 55.4 Å². The zero-order chi connectivity index (χ0) is 29.5. The number of aromatic nitrogens is 3. The van der Waals surface area contributed by atoms with Crippen LogP contribution >= 0.6 is 11.6 Å². The lowest BCUT2D eigenvalue weighted by atomic mass is 10.1. The van der Waals surface area contributed by atoms with Crippen LogP contribution in [0, 0.1) is 0 Å². The number of hydrogen-bond acceptors (Lipinski definition) is 8. The Kier molecular flexibility index (Phi) is 7.75. The Morgan fingerprint density at radius 2 is 1.66 bits per heavy atom. The topological polar surface area (TPSA) is 111 Å². The summed E-state index contributed by atoms with van der Waals surface area (Å²) in [6.45, 7) is 0.255. The van der Waals surface area contributed by atoms with Crippen LogP contribution in [0.5, 0.6) is 6.01 Å². The molecule has 2 saturated carbocycles. The second-order valence-corrected chi connectivity index (χ2v) is 13.4. The fraction of sp³-hybridized carbons (Fsp3) is 0.429. The van der Waals surface area contributed by atoms with Crippen LogP contribution in [0.2, 0.25) is 5.02 Å². The van der Waals surface area contributed by atoms with E-state index in [9.17, 15) is 26.4 Å². The van der Waals surface area contributed by atoms with Crippen molar-refractivity contribution in [1.29, 1.82) is 0 Å². The van der Waals surface area contributed by atoms with E-state index in [2.05, 4.69) is 20.3 Å². The van der Waals surface area contributed by atoms with E-state index in [1.165, 1.54) is 12.1 Å². The summed E-state index contributed by atoms with van der Waals surface area (Å²) in [7, 11) is -3.55. The molecule has 1 heterocycles. The minimum Gasteiger partial charge on any atom is -0.454 e. The van der Waals surface area contributed by atoms with Gasteiger partial charge in [0.2, 0.25) is 5.95 Å².